The minimum Gasteiger partial charge on any atom is -0.444 e. The van der Waals surface area contributed by atoms with Crippen LogP contribution in [0.15, 0.2) is 36.7 Å². The molecule has 4 nitrogen and oxygen atoms in total. The summed E-state index contributed by atoms with van der Waals surface area (Å²) in [6.07, 6.45) is 1.99. The summed E-state index contributed by atoms with van der Waals surface area (Å²) in [7, 11) is 0. The highest BCUT2D eigenvalue weighted by molar-refractivity contribution is 5.88. The normalized spacial score (nSPS) is 12.8. The fraction of sp³-hybridized carbons (Fsp3) is 0.368. The Morgan fingerprint density at radius 3 is 2.67 bits per heavy atom. The maximum absolute atomic E-state index is 14.1. The van der Waals surface area contributed by atoms with Gasteiger partial charge in [0, 0.05) is 6.42 Å². The van der Waals surface area contributed by atoms with Crippen molar-refractivity contribution in [2.45, 2.75) is 45.8 Å². The Morgan fingerprint density at radius 2 is 2.04 bits per heavy atom. The van der Waals surface area contributed by atoms with Crippen molar-refractivity contribution < 1.29 is 13.9 Å². The van der Waals surface area contributed by atoms with Crippen LogP contribution >= 0.6 is 0 Å². The van der Waals surface area contributed by atoms with E-state index in [2.05, 4.69) is 16.8 Å². The van der Waals surface area contributed by atoms with Gasteiger partial charge in [-0.25, -0.2) is 9.78 Å². The topological polar surface area (TPSA) is 44.1 Å². The first-order valence-electron chi connectivity index (χ1n) is 8.05. The summed E-state index contributed by atoms with van der Waals surface area (Å²) in [5.74, 6) is 4.17. The van der Waals surface area contributed by atoms with Gasteiger partial charge in [0.15, 0.2) is 11.8 Å². The highest BCUT2D eigenvalue weighted by Crippen LogP contribution is 2.22. The Hall–Kier alpha value is -2.61. The SMILES string of the molecule is CCC#CC(CC)OC(=O)c1c(F)ncn1[C@H](C)c1ccccc1. The fourth-order valence-corrected chi connectivity index (χ4v) is 2.33. The molecular weight excluding hydrogens is 307 g/mol. The molecule has 2 rings (SSSR count). The van der Waals surface area contributed by atoms with E-state index in [1.807, 2.05) is 51.1 Å². The van der Waals surface area contributed by atoms with Crippen molar-refractivity contribution in [3.05, 3.63) is 53.9 Å². The second-order valence-electron chi connectivity index (χ2n) is 5.35. The maximum atomic E-state index is 14.1. The smallest absolute Gasteiger partial charge is 0.361 e. The highest BCUT2D eigenvalue weighted by atomic mass is 19.1. The van der Waals surface area contributed by atoms with Crippen LogP contribution in [0.5, 0.6) is 0 Å². The molecule has 0 N–H and O–H groups in total. The standard InChI is InChI=1S/C19H21FN2O2/c1-4-6-12-16(5-2)24-19(23)17-18(20)21-13-22(17)14(3)15-10-8-7-9-11-15/h7-11,13-14,16H,4-5H2,1-3H3/t14-,16?/m1/s1. The summed E-state index contributed by atoms with van der Waals surface area (Å²) < 4.78 is 20.9. The zero-order chi connectivity index (χ0) is 17.5. The van der Waals surface area contributed by atoms with Crippen molar-refractivity contribution >= 4 is 5.97 Å². The van der Waals surface area contributed by atoms with Crippen molar-refractivity contribution in [2.75, 3.05) is 0 Å². The molecule has 126 valence electrons. The molecule has 0 saturated heterocycles. The van der Waals surface area contributed by atoms with Gasteiger partial charge in [-0.2, -0.15) is 4.39 Å². The molecule has 0 aliphatic rings. The Morgan fingerprint density at radius 1 is 1.33 bits per heavy atom. The number of esters is 1. The summed E-state index contributed by atoms with van der Waals surface area (Å²) in [6.45, 7) is 5.65. The van der Waals surface area contributed by atoms with E-state index in [4.69, 9.17) is 4.74 Å². The molecule has 1 aromatic heterocycles. The van der Waals surface area contributed by atoms with Crippen molar-refractivity contribution in [1.82, 2.24) is 9.55 Å². The molecule has 0 bridgehead atoms. The third-order valence-electron chi connectivity index (χ3n) is 3.70. The summed E-state index contributed by atoms with van der Waals surface area (Å²) >= 11 is 0. The van der Waals surface area contributed by atoms with Gasteiger partial charge in [0.2, 0.25) is 5.95 Å². The Balaban J connectivity index is 2.27. The molecule has 5 heteroatoms. The monoisotopic (exact) mass is 328 g/mol. The molecule has 1 unspecified atom stereocenters. The van der Waals surface area contributed by atoms with E-state index in [-0.39, 0.29) is 11.7 Å². The van der Waals surface area contributed by atoms with E-state index in [0.717, 1.165) is 5.56 Å². The molecule has 1 aromatic carbocycles. The van der Waals surface area contributed by atoms with E-state index in [9.17, 15) is 9.18 Å². The third kappa shape index (κ3) is 4.02. The van der Waals surface area contributed by atoms with Crippen LogP contribution in [0, 0.1) is 17.8 Å². The number of halogens is 1. The lowest BCUT2D eigenvalue weighted by atomic mass is 10.1. The molecule has 0 fully saturated rings. The average Bonchev–Trinajstić information content (AvgIpc) is 3.00. The number of hydrogen-bond donors (Lipinski definition) is 0. The van der Waals surface area contributed by atoms with Crippen LogP contribution in [0.2, 0.25) is 0 Å². The van der Waals surface area contributed by atoms with Gasteiger partial charge in [-0.05, 0) is 18.9 Å². The quantitative estimate of drug-likeness (QED) is 0.616. The van der Waals surface area contributed by atoms with Crippen molar-refractivity contribution in [3.63, 3.8) is 0 Å². The van der Waals surface area contributed by atoms with Crippen LogP contribution in [-0.4, -0.2) is 21.6 Å². The molecule has 1 heterocycles. The molecule has 0 saturated carbocycles. The third-order valence-corrected chi connectivity index (χ3v) is 3.70. The number of carbonyl (C=O) groups is 1. The molecule has 0 radical (unpaired) electrons. The molecule has 24 heavy (non-hydrogen) atoms. The van der Waals surface area contributed by atoms with Crippen LogP contribution in [0.25, 0.3) is 0 Å². The second kappa shape index (κ2) is 8.30. The molecule has 0 amide bonds. The van der Waals surface area contributed by atoms with E-state index in [1.54, 1.807) is 0 Å². The number of carbonyl (C=O) groups excluding carboxylic acids is 1. The predicted molar refractivity (Wildman–Crippen MR) is 90.0 cm³/mol. The fourth-order valence-electron chi connectivity index (χ4n) is 2.33. The number of ether oxygens (including phenoxy) is 1. The first kappa shape index (κ1) is 17.7. The van der Waals surface area contributed by atoms with Gasteiger partial charge in [-0.3, -0.25) is 0 Å². The molecule has 0 aliphatic carbocycles. The number of nitrogens with zero attached hydrogens (tertiary/aromatic N) is 2. The number of aromatic nitrogens is 2. The van der Waals surface area contributed by atoms with Crippen molar-refractivity contribution in [1.29, 1.82) is 0 Å². The first-order chi connectivity index (χ1) is 11.6. The first-order valence-corrected chi connectivity index (χ1v) is 8.05. The number of benzene rings is 1. The maximum Gasteiger partial charge on any atom is 0.361 e. The van der Waals surface area contributed by atoms with E-state index in [0.29, 0.717) is 12.8 Å². The summed E-state index contributed by atoms with van der Waals surface area (Å²) in [4.78, 5) is 16.1. The van der Waals surface area contributed by atoms with E-state index in [1.165, 1.54) is 10.9 Å². The minimum atomic E-state index is -0.832. The molecule has 2 aromatic rings. The number of hydrogen-bond acceptors (Lipinski definition) is 3. The summed E-state index contributed by atoms with van der Waals surface area (Å²) in [5, 5.41) is 0. The number of rotatable bonds is 5. The Labute approximate surface area is 141 Å². The molecule has 0 aliphatic heterocycles. The van der Waals surface area contributed by atoms with Crippen molar-refractivity contribution in [3.8, 4) is 11.8 Å². The Kier molecular flexibility index (Phi) is 6.14. The lowest BCUT2D eigenvalue weighted by Gasteiger charge is -2.17. The lowest BCUT2D eigenvalue weighted by Crippen LogP contribution is -2.21. The second-order valence-corrected chi connectivity index (χ2v) is 5.35. The number of imidazole rings is 1. The summed E-state index contributed by atoms with van der Waals surface area (Å²) in [5.41, 5.74) is 0.768. The van der Waals surface area contributed by atoms with Gasteiger partial charge in [-0.15, -0.1) is 0 Å². The minimum absolute atomic E-state index is 0.178. The summed E-state index contributed by atoms with van der Waals surface area (Å²) in [6, 6.07) is 9.28. The van der Waals surface area contributed by atoms with Gasteiger partial charge >= 0.3 is 5.97 Å². The zero-order valence-electron chi connectivity index (χ0n) is 14.1. The van der Waals surface area contributed by atoms with E-state index < -0.39 is 18.0 Å². The van der Waals surface area contributed by atoms with Crippen LogP contribution < -0.4 is 0 Å². The van der Waals surface area contributed by atoms with Gasteiger partial charge in [0.25, 0.3) is 0 Å². The zero-order valence-corrected chi connectivity index (χ0v) is 14.1. The molecular formula is C19H21FN2O2. The van der Waals surface area contributed by atoms with Crippen LogP contribution in [0.1, 0.15) is 55.7 Å². The van der Waals surface area contributed by atoms with Gasteiger partial charge in [-0.1, -0.05) is 56.0 Å². The van der Waals surface area contributed by atoms with E-state index >= 15 is 0 Å². The lowest BCUT2D eigenvalue weighted by molar-refractivity contribution is 0.0384. The van der Waals surface area contributed by atoms with Gasteiger partial charge in [0.05, 0.1) is 12.4 Å². The van der Waals surface area contributed by atoms with Gasteiger partial charge in [0.1, 0.15) is 0 Å². The molecule has 0 spiro atoms. The van der Waals surface area contributed by atoms with Crippen molar-refractivity contribution in [2.24, 2.45) is 0 Å². The Bertz CT molecular complexity index is 744. The van der Waals surface area contributed by atoms with Crippen LogP contribution in [0.4, 0.5) is 4.39 Å². The van der Waals surface area contributed by atoms with Crippen LogP contribution in [-0.2, 0) is 4.74 Å². The molecule has 2 atom stereocenters. The average molecular weight is 328 g/mol. The predicted octanol–water partition coefficient (Wildman–Crippen LogP) is 3.98. The van der Waals surface area contributed by atoms with Gasteiger partial charge < -0.3 is 9.30 Å². The highest BCUT2D eigenvalue weighted by Gasteiger charge is 2.25. The largest absolute Gasteiger partial charge is 0.444 e. The van der Waals surface area contributed by atoms with Crippen LogP contribution in [0.3, 0.4) is 0 Å².